The Kier molecular flexibility index (Phi) is 5.57. The lowest BCUT2D eigenvalue weighted by atomic mass is 9.99. The van der Waals surface area contributed by atoms with E-state index >= 15 is 0 Å². The second-order valence-corrected chi connectivity index (χ2v) is 9.65. The van der Waals surface area contributed by atoms with Gasteiger partial charge in [0, 0.05) is 28.9 Å². The lowest BCUT2D eigenvalue weighted by Gasteiger charge is -2.25. The van der Waals surface area contributed by atoms with Crippen LogP contribution < -0.4 is 5.32 Å². The van der Waals surface area contributed by atoms with Crippen molar-refractivity contribution < 1.29 is 12.6 Å². The summed E-state index contributed by atoms with van der Waals surface area (Å²) >= 11 is 0. The van der Waals surface area contributed by atoms with E-state index in [2.05, 4.69) is 17.4 Å². The number of benzene rings is 1. The molecule has 1 aliphatic carbocycles. The highest BCUT2D eigenvalue weighted by molar-refractivity contribution is 7.92. The molecule has 0 amide bonds. The molecule has 0 spiro atoms. The average molecular weight is 329 g/mol. The second-order valence-electron chi connectivity index (χ2n) is 5.61. The van der Waals surface area contributed by atoms with Crippen molar-refractivity contribution in [3.8, 4) is 0 Å². The van der Waals surface area contributed by atoms with Gasteiger partial charge in [-0.25, -0.2) is 8.42 Å². The average Bonchev–Trinajstić information content (AvgIpc) is 2.62. The van der Waals surface area contributed by atoms with Crippen molar-refractivity contribution in [2.24, 2.45) is 0 Å². The minimum atomic E-state index is -3.07. The van der Waals surface area contributed by atoms with Gasteiger partial charge < -0.3 is 5.32 Å². The zero-order valence-electron chi connectivity index (χ0n) is 12.5. The van der Waals surface area contributed by atoms with Crippen LogP contribution in [0.2, 0.25) is 0 Å². The predicted molar refractivity (Wildman–Crippen MR) is 87.7 cm³/mol. The molecular formula is C15H23NO3S2. The van der Waals surface area contributed by atoms with E-state index < -0.39 is 20.6 Å². The molecule has 0 aromatic heterocycles. The van der Waals surface area contributed by atoms with Gasteiger partial charge in [-0.3, -0.25) is 4.21 Å². The smallest absolute Gasteiger partial charge is 0.148 e. The summed E-state index contributed by atoms with van der Waals surface area (Å²) in [5.41, 5.74) is 2.51. The molecule has 0 saturated heterocycles. The molecule has 4 nitrogen and oxygen atoms in total. The molecule has 0 fully saturated rings. The summed E-state index contributed by atoms with van der Waals surface area (Å²) in [7, 11) is -2.33. The van der Waals surface area contributed by atoms with Crippen molar-refractivity contribution >= 4 is 20.6 Å². The Morgan fingerprint density at radius 1 is 1.33 bits per heavy atom. The number of rotatable bonds is 5. The molecule has 0 heterocycles. The summed E-state index contributed by atoms with van der Waals surface area (Å²) in [6.45, 7) is 0. The van der Waals surface area contributed by atoms with Gasteiger partial charge in [-0.1, -0.05) is 24.3 Å². The number of sulfone groups is 1. The third-order valence-corrected chi connectivity index (χ3v) is 6.99. The highest BCUT2D eigenvalue weighted by Gasteiger charge is 2.30. The van der Waals surface area contributed by atoms with Crippen LogP contribution in [0.3, 0.4) is 0 Å². The molecular weight excluding hydrogens is 306 g/mol. The molecule has 21 heavy (non-hydrogen) atoms. The number of aryl methyl sites for hydroxylation is 1. The second kappa shape index (κ2) is 7.03. The monoisotopic (exact) mass is 329 g/mol. The third kappa shape index (κ3) is 4.37. The van der Waals surface area contributed by atoms with Crippen molar-refractivity contribution in [2.45, 2.75) is 30.6 Å². The SMILES string of the molecule is CNC1c2ccccc2CCCC1S(=O)CCS(C)(=O)=O. The predicted octanol–water partition coefficient (Wildman–Crippen LogP) is 1.45. The fourth-order valence-electron chi connectivity index (χ4n) is 2.94. The Morgan fingerprint density at radius 3 is 2.71 bits per heavy atom. The molecule has 1 N–H and O–H groups in total. The zero-order chi connectivity index (χ0) is 15.5. The molecule has 2 rings (SSSR count). The van der Waals surface area contributed by atoms with E-state index in [0.29, 0.717) is 0 Å². The molecule has 1 aliphatic rings. The molecule has 6 heteroatoms. The minimum Gasteiger partial charge on any atom is -0.312 e. The van der Waals surface area contributed by atoms with Gasteiger partial charge in [0.2, 0.25) is 0 Å². The summed E-state index contributed by atoms with van der Waals surface area (Å²) < 4.78 is 35.2. The molecule has 118 valence electrons. The van der Waals surface area contributed by atoms with Crippen LogP contribution in [0.4, 0.5) is 0 Å². The molecule has 1 aromatic carbocycles. The van der Waals surface area contributed by atoms with E-state index in [1.807, 2.05) is 19.2 Å². The minimum absolute atomic E-state index is 0.00576. The summed E-state index contributed by atoms with van der Waals surface area (Å²) in [5.74, 6) is 0.220. The van der Waals surface area contributed by atoms with Crippen LogP contribution in [0, 0.1) is 0 Å². The fourth-order valence-corrected chi connectivity index (χ4v) is 6.12. The number of hydrogen-bond acceptors (Lipinski definition) is 4. The van der Waals surface area contributed by atoms with E-state index in [1.165, 1.54) is 17.4 Å². The maximum atomic E-state index is 12.6. The highest BCUT2D eigenvalue weighted by atomic mass is 32.2. The standard InChI is InChI=1S/C15H23NO3S2/c1-16-15-13-8-4-3-6-12(13)7-5-9-14(15)20(17)10-11-21(2,18)19/h3-4,6,8,14-16H,5,7,9-11H2,1-2H3. The van der Waals surface area contributed by atoms with Gasteiger partial charge in [0.25, 0.3) is 0 Å². The van der Waals surface area contributed by atoms with Crippen molar-refractivity contribution in [1.29, 1.82) is 0 Å². The van der Waals surface area contributed by atoms with Gasteiger partial charge in [0.15, 0.2) is 0 Å². The largest absolute Gasteiger partial charge is 0.312 e. The Bertz CT molecular complexity index is 613. The van der Waals surface area contributed by atoms with Crippen molar-refractivity contribution in [2.75, 3.05) is 24.8 Å². The maximum Gasteiger partial charge on any atom is 0.148 e. The van der Waals surface area contributed by atoms with E-state index in [0.717, 1.165) is 19.3 Å². The topological polar surface area (TPSA) is 63.2 Å². The zero-order valence-corrected chi connectivity index (χ0v) is 14.2. The normalized spacial score (nSPS) is 24.1. The highest BCUT2D eigenvalue weighted by Crippen LogP contribution is 2.31. The first kappa shape index (κ1) is 16.6. The van der Waals surface area contributed by atoms with Gasteiger partial charge in [-0.15, -0.1) is 0 Å². The van der Waals surface area contributed by atoms with Crippen LogP contribution in [0.1, 0.15) is 30.0 Å². The Morgan fingerprint density at radius 2 is 2.05 bits per heavy atom. The first-order valence-corrected chi connectivity index (χ1v) is 10.7. The van der Waals surface area contributed by atoms with Crippen LogP contribution in [-0.2, 0) is 27.1 Å². The van der Waals surface area contributed by atoms with Gasteiger partial charge in [-0.2, -0.15) is 0 Å². The van der Waals surface area contributed by atoms with E-state index in [1.54, 1.807) is 0 Å². The molecule has 3 unspecified atom stereocenters. The molecule has 3 atom stereocenters. The molecule has 1 aromatic rings. The van der Waals surface area contributed by atoms with Crippen molar-refractivity contribution in [3.05, 3.63) is 35.4 Å². The lowest BCUT2D eigenvalue weighted by molar-refractivity contribution is 0.531. The van der Waals surface area contributed by atoms with Gasteiger partial charge in [0.1, 0.15) is 9.84 Å². The van der Waals surface area contributed by atoms with Crippen LogP contribution in [0.5, 0.6) is 0 Å². The quantitative estimate of drug-likeness (QED) is 0.831. The first-order chi connectivity index (χ1) is 9.92. The van der Waals surface area contributed by atoms with E-state index in [-0.39, 0.29) is 22.8 Å². The number of nitrogens with one attached hydrogen (secondary N) is 1. The Hall–Kier alpha value is -0.720. The molecule has 0 bridgehead atoms. The van der Waals surface area contributed by atoms with Crippen LogP contribution in [-0.4, -0.2) is 42.7 Å². The summed E-state index contributed by atoms with van der Waals surface area (Å²) in [6, 6.07) is 8.28. The third-order valence-electron chi connectivity index (χ3n) is 4.00. The molecule has 0 radical (unpaired) electrons. The summed E-state index contributed by atoms with van der Waals surface area (Å²) in [6.07, 6.45) is 4.04. The van der Waals surface area contributed by atoms with Crippen LogP contribution in [0.15, 0.2) is 24.3 Å². The fraction of sp³-hybridized carbons (Fsp3) is 0.600. The van der Waals surface area contributed by atoms with Gasteiger partial charge in [0.05, 0.1) is 11.0 Å². The number of fused-ring (bicyclic) bond motifs is 1. The van der Waals surface area contributed by atoms with Gasteiger partial charge in [-0.05, 0) is 37.4 Å². The summed E-state index contributed by atoms with van der Waals surface area (Å²) in [4.78, 5) is 0. The Balaban J connectivity index is 2.21. The van der Waals surface area contributed by atoms with Crippen LogP contribution in [0.25, 0.3) is 0 Å². The van der Waals surface area contributed by atoms with Crippen molar-refractivity contribution in [3.63, 3.8) is 0 Å². The van der Waals surface area contributed by atoms with Gasteiger partial charge >= 0.3 is 0 Å². The lowest BCUT2D eigenvalue weighted by Crippen LogP contribution is -2.34. The number of hydrogen-bond donors (Lipinski definition) is 1. The maximum absolute atomic E-state index is 12.6. The first-order valence-electron chi connectivity index (χ1n) is 7.22. The van der Waals surface area contributed by atoms with E-state index in [4.69, 9.17) is 0 Å². The van der Waals surface area contributed by atoms with Crippen LogP contribution >= 0.6 is 0 Å². The Labute approximate surface area is 129 Å². The molecule has 0 aliphatic heterocycles. The molecule has 0 saturated carbocycles. The van der Waals surface area contributed by atoms with E-state index in [9.17, 15) is 12.6 Å². The van der Waals surface area contributed by atoms with Crippen molar-refractivity contribution in [1.82, 2.24) is 5.32 Å². The summed E-state index contributed by atoms with van der Waals surface area (Å²) in [5, 5.41) is 3.26.